The molecule has 1 aliphatic carbocycles. The second kappa shape index (κ2) is 16.3. The molecule has 0 N–H and O–H groups in total. The van der Waals surface area contributed by atoms with Crippen LogP contribution in [-0.2, 0) is 0 Å². The van der Waals surface area contributed by atoms with Gasteiger partial charge in [-0.1, -0.05) is 107 Å². The van der Waals surface area contributed by atoms with E-state index in [4.69, 9.17) is 0 Å². The molecule has 186 valence electrons. The van der Waals surface area contributed by atoms with Crippen LogP contribution in [0.1, 0.15) is 138 Å². The Hall–Kier alpha value is -2.44. The van der Waals surface area contributed by atoms with E-state index in [2.05, 4.69) is 86.1 Å². The summed E-state index contributed by atoms with van der Waals surface area (Å²) in [6.45, 7) is 4.55. The average Bonchev–Trinajstić information content (AvgIpc) is 2.91. The van der Waals surface area contributed by atoms with Crippen LogP contribution in [-0.4, -0.2) is 0 Å². The Morgan fingerprint density at radius 3 is 1.69 bits per heavy atom. The maximum absolute atomic E-state index is 3.34. The van der Waals surface area contributed by atoms with Crippen LogP contribution in [0.4, 0.5) is 0 Å². The molecular weight excluding hydrogens is 420 g/mol. The fourth-order valence-corrected chi connectivity index (χ4v) is 5.25. The van der Waals surface area contributed by atoms with Crippen LogP contribution in [0.25, 0.3) is 0 Å². The molecule has 0 heterocycles. The minimum Gasteiger partial charge on any atom is -0.0979 e. The first kappa shape index (κ1) is 27.2. The van der Waals surface area contributed by atoms with E-state index in [0.717, 1.165) is 34.9 Å². The van der Waals surface area contributed by atoms with Crippen molar-refractivity contribution in [2.24, 2.45) is 5.92 Å². The quantitative estimate of drug-likeness (QED) is 0.228. The van der Waals surface area contributed by atoms with Gasteiger partial charge in [-0.05, 0) is 85.9 Å². The summed E-state index contributed by atoms with van der Waals surface area (Å²) in [7, 11) is 0. The molecule has 1 fully saturated rings. The Labute approximate surface area is 216 Å². The van der Waals surface area contributed by atoms with Gasteiger partial charge in [0.15, 0.2) is 0 Å². The monoisotopic (exact) mass is 466 g/mol. The molecule has 1 saturated carbocycles. The minimum atomic E-state index is 0.744. The van der Waals surface area contributed by atoms with Gasteiger partial charge < -0.3 is 0 Å². The van der Waals surface area contributed by atoms with Gasteiger partial charge in [-0.2, -0.15) is 0 Å². The van der Waals surface area contributed by atoms with E-state index in [1.54, 1.807) is 0 Å². The third-order valence-corrected chi connectivity index (χ3v) is 7.57. The fraction of sp³-hybridized carbons (Fsp3) is 0.543. The summed E-state index contributed by atoms with van der Waals surface area (Å²) < 4.78 is 0. The van der Waals surface area contributed by atoms with Gasteiger partial charge in [-0.25, -0.2) is 0 Å². The Morgan fingerprint density at radius 1 is 0.571 bits per heavy atom. The summed E-state index contributed by atoms with van der Waals surface area (Å²) in [4.78, 5) is 0. The molecule has 0 spiro atoms. The van der Waals surface area contributed by atoms with Crippen molar-refractivity contribution in [3.63, 3.8) is 0 Å². The van der Waals surface area contributed by atoms with Crippen molar-refractivity contribution in [3.8, 4) is 23.7 Å². The highest BCUT2D eigenvalue weighted by atomic mass is 14.3. The van der Waals surface area contributed by atoms with Crippen LogP contribution in [0.3, 0.4) is 0 Å². The molecule has 0 amide bonds. The lowest BCUT2D eigenvalue weighted by atomic mass is 9.77. The summed E-state index contributed by atoms with van der Waals surface area (Å²) in [5.74, 6) is 15.0. The Kier molecular flexibility index (Phi) is 12.6. The van der Waals surface area contributed by atoms with Crippen LogP contribution >= 0.6 is 0 Å². The van der Waals surface area contributed by atoms with Crippen molar-refractivity contribution in [2.45, 2.75) is 116 Å². The standard InChI is InChI=1S/C35H46/c1-3-5-7-9-10-11-13-15-30-16-18-32(19-17-30)20-21-33-24-28-35(29-25-33)34-26-22-31(23-27-34)14-12-8-6-4-2/h16-19,24-25,28-29,31,34H,3-12,14,22-23,26-27H2,1-2H3. The van der Waals surface area contributed by atoms with Gasteiger partial charge in [0.05, 0.1) is 0 Å². The maximum atomic E-state index is 3.34. The molecule has 0 radical (unpaired) electrons. The molecular formula is C35H46. The topological polar surface area (TPSA) is 0 Å². The molecule has 0 saturated heterocycles. The van der Waals surface area contributed by atoms with Gasteiger partial charge in [0.25, 0.3) is 0 Å². The van der Waals surface area contributed by atoms with Crippen LogP contribution < -0.4 is 0 Å². The largest absolute Gasteiger partial charge is 0.0979 e. The van der Waals surface area contributed by atoms with Gasteiger partial charge in [0.2, 0.25) is 0 Å². The number of benzene rings is 2. The molecule has 1 aliphatic rings. The lowest BCUT2D eigenvalue weighted by molar-refractivity contribution is 0.302. The highest BCUT2D eigenvalue weighted by Gasteiger charge is 2.21. The number of hydrogen-bond acceptors (Lipinski definition) is 0. The first-order valence-electron chi connectivity index (χ1n) is 14.5. The molecule has 0 unspecified atom stereocenters. The highest BCUT2D eigenvalue weighted by molar-refractivity contribution is 5.46. The van der Waals surface area contributed by atoms with Crippen molar-refractivity contribution in [3.05, 3.63) is 70.8 Å². The Morgan fingerprint density at radius 2 is 1.09 bits per heavy atom. The third kappa shape index (κ3) is 10.4. The number of unbranched alkanes of at least 4 members (excludes halogenated alkanes) is 8. The van der Waals surface area contributed by atoms with Crippen molar-refractivity contribution >= 4 is 0 Å². The molecule has 2 aromatic carbocycles. The van der Waals surface area contributed by atoms with Crippen LogP contribution in [0.2, 0.25) is 0 Å². The zero-order valence-corrected chi connectivity index (χ0v) is 22.4. The highest BCUT2D eigenvalue weighted by Crippen LogP contribution is 2.37. The van der Waals surface area contributed by atoms with E-state index in [9.17, 15) is 0 Å². The summed E-state index contributed by atoms with van der Waals surface area (Å²) in [5, 5.41) is 0. The van der Waals surface area contributed by atoms with Gasteiger partial charge in [0, 0.05) is 23.1 Å². The van der Waals surface area contributed by atoms with Crippen molar-refractivity contribution in [1.82, 2.24) is 0 Å². The maximum Gasteiger partial charge on any atom is 0.0249 e. The van der Waals surface area contributed by atoms with E-state index in [1.165, 1.54) is 95.5 Å². The second-order valence-electron chi connectivity index (χ2n) is 10.5. The van der Waals surface area contributed by atoms with E-state index < -0.39 is 0 Å². The van der Waals surface area contributed by atoms with Gasteiger partial charge in [-0.15, -0.1) is 0 Å². The fourth-order valence-electron chi connectivity index (χ4n) is 5.25. The van der Waals surface area contributed by atoms with E-state index in [1.807, 2.05) is 0 Å². The molecule has 2 aromatic rings. The Bertz CT molecular complexity index is 947. The first-order chi connectivity index (χ1) is 17.3. The SMILES string of the molecule is CCCCCCCC#Cc1ccc(C#Cc2ccc(C3CCC(CCCCCC)CC3)cc2)cc1. The van der Waals surface area contributed by atoms with Crippen molar-refractivity contribution in [1.29, 1.82) is 0 Å². The average molecular weight is 467 g/mol. The molecule has 0 atom stereocenters. The van der Waals surface area contributed by atoms with E-state index in [0.29, 0.717) is 0 Å². The Balaban J connectivity index is 1.42. The van der Waals surface area contributed by atoms with E-state index >= 15 is 0 Å². The molecule has 0 heteroatoms. The zero-order valence-electron chi connectivity index (χ0n) is 22.4. The minimum absolute atomic E-state index is 0.744. The summed E-state index contributed by atoms with van der Waals surface area (Å²) in [6, 6.07) is 17.4. The molecule has 0 aromatic heterocycles. The predicted molar refractivity (Wildman–Crippen MR) is 153 cm³/mol. The smallest absolute Gasteiger partial charge is 0.0249 e. The molecule has 0 bridgehead atoms. The molecule has 3 rings (SSSR count). The number of hydrogen-bond donors (Lipinski definition) is 0. The lowest BCUT2D eigenvalue weighted by Gasteiger charge is -2.29. The first-order valence-corrected chi connectivity index (χ1v) is 14.5. The predicted octanol–water partition coefficient (Wildman–Crippen LogP) is 10.0. The summed E-state index contributed by atoms with van der Waals surface area (Å²) in [6.07, 6.45) is 20.1. The van der Waals surface area contributed by atoms with Crippen molar-refractivity contribution < 1.29 is 0 Å². The van der Waals surface area contributed by atoms with Crippen molar-refractivity contribution in [2.75, 3.05) is 0 Å². The lowest BCUT2D eigenvalue weighted by Crippen LogP contribution is -2.13. The van der Waals surface area contributed by atoms with Crippen LogP contribution in [0.15, 0.2) is 48.5 Å². The van der Waals surface area contributed by atoms with Gasteiger partial charge in [-0.3, -0.25) is 0 Å². The molecule has 0 nitrogen and oxygen atoms in total. The number of rotatable bonds is 11. The van der Waals surface area contributed by atoms with Crippen LogP contribution in [0.5, 0.6) is 0 Å². The normalized spacial score (nSPS) is 17.2. The second-order valence-corrected chi connectivity index (χ2v) is 10.5. The summed E-state index contributed by atoms with van der Waals surface area (Å²) in [5.41, 5.74) is 4.75. The zero-order chi connectivity index (χ0) is 24.6. The summed E-state index contributed by atoms with van der Waals surface area (Å²) >= 11 is 0. The van der Waals surface area contributed by atoms with Crippen LogP contribution in [0, 0.1) is 29.6 Å². The third-order valence-electron chi connectivity index (χ3n) is 7.57. The van der Waals surface area contributed by atoms with E-state index in [-0.39, 0.29) is 0 Å². The van der Waals surface area contributed by atoms with Gasteiger partial charge >= 0.3 is 0 Å². The molecule has 0 aliphatic heterocycles. The molecule has 35 heavy (non-hydrogen) atoms. The van der Waals surface area contributed by atoms with Gasteiger partial charge in [0.1, 0.15) is 0 Å².